The van der Waals surface area contributed by atoms with Crippen molar-refractivity contribution in [1.82, 2.24) is 5.32 Å². The molecule has 0 spiro atoms. The Bertz CT molecular complexity index is 670. The lowest BCUT2D eigenvalue weighted by atomic mass is 10.1. The van der Waals surface area contributed by atoms with Crippen molar-refractivity contribution in [2.75, 3.05) is 0 Å². The van der Waals surface area contributed by atoms with Gasteiger partial charge in [0.2, 0.25) is 0 Å². The molecule has 5 heteroatoms. The van der Waals surface area contributed by atoms with Crippen LogP contribution in [-0.4, -0.2) is 17.0 Å². The molecule has 0 saturated carbocycles. The van der Waals surface area contributed by atoms with E-state index in [4.69, 9.17) is 11.6 Å². The van der Waals surface area contributed by atoms with Crippen molar-refractivity contribution in [3.8, 4) is 0 Å². The number of aryl methyl sites for hydroxylation is 1. The maximum atomic E-state index is 12.2. The molecule has 21 heavy (non-hydrogen) atoms. The molecule has 2 aromatic carbocycles. The van der Waals surface area contributed by atoms with Crippen LogP contribution in [0, 0.1) is 6.92 Å². The monoisotopic (exact) mass is 303 g/mol. The van der Waals surface area contributed by atoms with Crippen LogP contribution in [0.15, 0.2) is 48.5 Å². The number of benzene rings is 2. The van der Waals surface area contributed by atoms with Crippen LogP contribution >= 0.6 is 11.6 Å². The number of carboxylic acid groups (broad SMARTS) is 1. The Morgan fingerprint density at radius 3 is 2.38 bits per heavy atom. The molecule has 2 rings (SSSR count). The van der Waals surface area contributed by atoms with Crippen LogP contribution in [0.3, 0.4) is 0 Å². The van der Waals surface area contributed by atoms with Crippen LogP contribution in [0.5, 0.6) is 0 Å². The van der Waals surface area contributed by atoms with E-state index in [-0.39, 0.29) is 5.56 Å². The number of nitrogens with one attached hydrogen (secondary N) is 1. The molecule has 0 radical (unpaired) electrons. The highest BCUT2D eigenvalue weighted by Crippen LogP contribution is 2.21. The van der Waals surface area contributed by atoms with Crippen molar-refractivity contribution in [1.29, 1.82) is 0 Å². The molecule has 1 amide bonds. The maximum Gasteiger partial charge on any atom is 0.330 e. The van der Waals surface area contributed by atoms with E-state index in [0.29, 0.717) is 10.6 Å². The van der Waals surface area contributed by atoms with E-state index in [1.807, 2.05) is 0 Å². The first kappa shape index (κ1) is 15.1. The summed E-state index contributed by atoms with van der Waals surface area (Å²) in [5.41, 5.74) is 1.52. The van der Waals surface area contributed by atoms with Crippen LogP contribution in [0.2, 0.25) is 5.02 Å². The number of carbonyl (C=O) groups excluding carboxylic acids is 1. The number of hydrogen-bond acceptors (Lipinski definition) is 2. The summed E-state index contributed by atoms with van der Waals surface area (Å²) in [6.45, 7) is 1.78. The zero-order valence-electron chi connectivity index (χ0n) is 11.3. The molecule has 2 aromatic rings. The fourth-order valence-electron chi connectivity index (χ4n) is 1.96. The molecule has 0 saturated heterocycles. The van der Waals surface area contributed by atoms with Crippen molar-refractivity contribution < 1.29 is 14.7 Å². The quantitative estimate of drug-likeness (QED) is 0.911. The summed E-state index contributed by atoms with van der Waals surface area (Å²) in [4.78, 5) is 23.6. The van der Waals surface area contributed by atoms with E-state index in [1.165, 1.54) is 0 Å². The molecule has 0 unspecified atom stereocenters. The third-order valence-corrected chi connectivity index (χ3v) is 3.59. The van der Waals surface area contributed by atoms with Gasteiger partial charge in [-0.15, -0.1) is 0 Å². The Morgan fingerprint density at radius 1 is 1.10 bits per heavy atom. The zero-order chi connectivity index (χ0) is 15.4. The van der Waals surface area contributed by atoms with Gasteiger partial charge in [-0.2, -0.15) is 0 Å². The molecule has 0 aliphatic heterocycles. The van der Waals surface area contributed by atoms with Crippen LogP contribution in [0.25, 0.3) is 0 Å². The van der Waals surface area contributed by atoms with Gasteiger partial charge < -0.3 is 10.4 Å². The van der Waals surface area contributed by atoms with Crippen molar-refractivity contribution in [2.45, 2.75) is 13.0 Å². The van der Waals surface area contributed by atoms with Crippen LogP contribution in [-0.2, 0) is 4.79 Å². The molecular weight excluding hydrogens is 290 g/mol. The van der Waals surface area contributed by atoms with Crippen molar-refractivity contribution >= 4 is 23.5 Å². The topological polar surface area (TPSA) is 66.4 Å². The molecule has 108 valence electrons. The van der Waals surface area contributed by atoms with Gasteiger partial charge >= 0.3 is 5.97 Å². The predicted molar refractivity (Wildman–Crippen MR) is 80.5 cm³/mol. The van der Waals surface area contributed by atoms with E-state index in [9.17, 15) is 14.7 Å². The van der Waals surface area contributed by atoms with Gasteiger partial charge in [0.05, 0.1) is 10.6 Å². The van der Waals surface area contributed by atoms with Gasteiger partial charge in [0, 0.05) is 0 Å². The zero-order valence-corrected chi connectivity index (χ0v) is 12.1. The second-order valence-corrected chi connectivity index (χ2v) is 4.97. The van der Waals surface area contributed by atoms with Crippen LogP contribution in [0.1, 0.15) is 27.5 Å². The molecule has 0 aromatic heterocycles. The minimum Gasteiger partial charge on any atom is -0.479 e. The first-order valence-corrected chi connectivity index (χ1v) is 6.72. The largest absolute Gasteiger partial charge is 0.479 e. The smallest absolute Gasteiger partial charge is 0.330 e. The Kier molecular flexibility index (Phi) is 4.60. The van der Waals surface area contributed by atoms with E-state index < -0.39 is 17.9 Å². The fourth-order valence-corrected chi connectivity index (χ4v) is 2.18. The summed E-state index contributed by atoms with van der Waals surface area (Å²) in [5, 5.41) is 12.1. The number of amides is 1. The lowest BCUT2D eigenvalue weighted by molar-refractivity contribution is -0.139. The summed E-state index contributed by atoms with van der Waals surface area (Å²) in [7, 11) is 0. The van der Waals surface area contributed by atoms with Gasteiger partial charge in [-0.25, -0.2) is 4.79 Å². The molecule has 1 atom stereocenters. The van der Waals surface area contributed by atoms with Gasteiger partial charge in [-0.3, -0.25) is 4.79 Å². The number of hydrogen-bond donors (Lipinski definition) is 2. The Labute approximate surface area is 127 Å². The molecular formula is C16H14ClNO3. The number of carboxylic acids is 1. The summed E-state index contributed by atoms with van der Waals surface area (Å²) >= 11 is 6.09. The third kappa shape index (κ3) is 3.41. The predicted octanol–water partition coefficient (Wildman–Crippen LogP) is 3.20. The molecule has 0 bridgehead atoms. The molecule has 0 fully saturated rings. The summed E-state index contributed by atoms with van der Waals surface area (Å²) in [6, 6.07) is 12.5. The van der Waals surface area contributed by atoms with E-state index in [2.05, 4.69) is 5.32 Å². The second-order valence-electron chi connectivity index (χ2n) is 4.59. The maximum absolute atomic E-state index is 12.2. The SMILES string of the molecule is Cc1cccc(C(=O)N[C@H](C(=O)O)c2ccccc2)c1Cl. The van der Waals surface area contributed by atoms with E-state index >= 15 is 0 Å². The van der Waals surface area contributed by atoms with Crippen molar-refractivity contribution in [3.63, 3.8) is 0 Å². The Balaban J connectivity index is 2.28. The standard InChI is InChI=1S/C16H14ClNO3/c1-10-6-5-9-12(13(10)17)15(19)18-14(16(20)21)11-7-3-2-4-8-11/h2-9,14H,1H3,(H,18,19)(H,20,21)/t14-/m0/s1. The molecule has 4 nitrogen and oxygen atoms in total. The fraction of sp³-hybridized carbons (Fsp3) is 0.125. The summed E-state index contributed by atoms with van der Waals surface area (Å²) in [6.07, 6.45) is 0. The van der Waals surface area contributed by atoms with Gasteiger partial charge in [-0.1, -0.05) is 54.1 Å². The van der Waals surface area contributed by atoms with Crippen molar-refractivity contribution in [2.24, 2.45) is 0 Å². The Hall–Kier alpha value is -2.33. The number of aliphatic carboxylic acids is 1. The molecule has 0 aliphatic carbocycles. The highest BCUT2D eigenvalue weighted by atomic mass is 35.5. The first-order chi connectivity index (χ1) is 10.0. The van der Waals surface area contributed by atoms with E-state index in [1.54, 1.807) is 55.5 Å². The lowest BCUT2D eigenvalue weighted by Crippen LogP contribution is -2.33. The highest BCUT2D eigenvalue weighted by molar-refractivity contribution is 6.34. The van der Waals surface area contributed by atoms with Crippen LogP contribution < -0.4 is 5.32 Å². The van der Waals surface area contributed by atoms with Gasteiger partial charge in [0.15, 0.2) is 6.04 Å². The molecule has 0 aliphatic rings. The number of halogens is 1. The van der Waals surface area contributed by atoms with E-state index in [0.717, 1.165) is 5.56 Å². The average molecular weight is 304 g/mol. The van der Waals surface area contributed by atoms with Gasteiger partial charge in [0.1, 0.15) is 0 Å². The van der Waals surface area contributed by atoms with Gasteiger partial charge in [0.25, 0.3) is 5.91 Å². The highest BCUT2D eigenvalue weighted by Gasteiger charge is 2.23. The second kappa shape index (κ2) is 6.41. The minimum atomic E-state index is -1.13. The van der Waals surface area contributed by atoms with Crippen LogP contribution in [0.4, 0.5) is 0 Å². The summed E-state index contributed by atoms with van der Waals surface area (Å²) < 4.78 is 0. The number of carbonyl (C=O) groups is 2. The minimum absolute atomic E-state index is 0.263. The first-order valence-electron chi connectivity index (χ1n) is 6.34. The normalized spacial score (nSPS) is 11.7. The Morgan fingerprint density at radius 2 is 1.76 bits per heavy atom. The van der Waals surface area contributed by atoms with Gasteiger partial charge in [-0.05, 0) is 24.1 Å². The number of rotatable bonds is 4. The lowest BCUT2D eigenvalue weighted by Gasteiger charge is -2.15. The third-order valence-electron chi connectivity index (χ3n) is 3.09. The summed E-state index contributed by atoms with van der Waals surface area (Å²) in [5.74, 6) is -1.64. The van der Waals surface area contributed by atoms with Crippen molar-refractivity contribution in [3.05, 3.63) is 70.2 Å². The average Bonchev–Trinajstić information content (AvgIpc) is 2.48. The molecule has 2 N–H and O–H groups in total. The molecule has 0 heterocycles.